The van der Waals surface area contributed by atoms with Gasteiger partial charge in [0.1, 0.15) is 6.54 Å². The topological polar surface area (TPSA) is 94.1 Å². The van der Waals surface area contributed by atoms with Crippen molar-refractivity contribution in [3.63, 3.8) is 0 Å². The van der Waals surface area contributed by atoms with Gasteiger partial charge in [0.15, 0.2) is 5.96 Å². The van der Waals surface area contributed by atoms with E-state index in [0.29, 0.717) is 31.0 Å². The Morgan fingerprint density at radius 2 is 1.96 bits per heavy atom. The number of carbonyl (C=O) groups excluding carboxylic acids is 1. The van der Waals surface area contributed by atoms with Crippen LogP contribution in [0.5, 0.6) is 0 Å². The minimum atomic E-state index is -3.19. The molecule has 10 heteroatoms. The first kappa shape index (κ1) is 23.7. The molecular weight excluding hydrogens is 493 g/mol. The van der Waals surface area contributed by atoms with Gasteiger partial charge in [-0.1, -0.05) is 6.42 Å². The van der Waals surface area contributed by atoms with Gasteiger partial charge in [-0.15, -0.1) is 24.0 Å². The molecule has 2 aliphatic carbocycles. The number of sulfonamides is 1. The van der Waals surface area contributed by atoms with Crippen molar-refractivity contribution in [2.75, 3.05) is 40.0 Å². The molecule has 3 unspecified atom stereocenters. The molecule has 1 aliphatic heterocycles. The third kappa shape index (κ3) is 5.94. The summed E-state index contributed by atoms with van der Waals surface area (Å²) in [5.41, 5.74) is 0. The number of carbonyl (C=O) groups is 1. The Morgan fingerprint density at radius 1 is 1.21 bits per heavy atom. The average molecular weight is 527 g/mol. The van der Waals surface area contributed by atoms with Gasteiger partial charge in [0.2, 0.25) is 15.9 Å². The van der Waals surface area contributed by atoms with E-state index in [1.165, 1.54) is 30.4 Å². The highest BCUT2D eigenvalue weighted by atomic mass is 127. The van der Waals surface area contributed by atoms with Crippen LogP contribution in [0, 0.1) is 11.8 Å². The highest BCUT2D eigenvalue weighted by molar-refractivity contribution is 14.0. The molecule has 0 spiro atoms. The number of likely N-dealkylation sites (N-methyl/N-ethyl adjacent to an activating group) is 1. The summed E-state index contributed by atoms with van der Waals surface area (Å²) in [7, 11) is 0.245. The second-order valence-corrected chi connectivity index (χ2v) is 10.4. The SMILES string of the molecule is CN(C)C(=O)CN=C(NC[C@H]1CCCN1S(C)(=O)=O)NC1CC2CCC1C2.I. The Hall–Kier alpha value is -0.620. The number of nitrogens with zero attached hydrogens (tertiary/aromatic N) is 3. The first-order valence-corrected chi connectivity index (χ1v) is 11.8. The summed E-state index contributed by atoms with van der Waals surface area (Å²) in [6.45, 7) is 1.18. The van der Waals surface area contributed by atoms with Gasteiger partial charge in [-0.05, 0) is 43.9 Å². The van der Waals surface area contributed by atoms with Crippen molar-refractivity contribution in [3.8, 4) is 0 Å². The molecular formula is C18H34IN5O3S. The van der Waals surface area contributed by atoms with Crippen LogP contribution in [0.25, 0.3) is 0 Å². The van der Waals surface area contributed by atoms with Crippen LogP contribution in [0.2, 0.25) is 0 Å². The van der Waals surface area contributed by atoms with Gasteiger partial charge in [0.05, 0.1) is 6.26 Å². The molecule has 4 atom stereocenters. The quantitative estimate of drug-likeness (QED) is 0.304. The Kier molecular flexibility index (Phi) is 8.38. The molecule has 0 aromatic rings. The maximum Gasteiger partial charge on any atom is 0.243 e. The van der Waals surface area contributed by atoms with Crippen LogP contribution in [0.1, 0.15) is 38.5 Å². The van der Waals surface area contributed by atoms with Crippen molar-refractivity contribution in [1.29, 1.82) is 0 Å². The third-order valence-corrected chi connectivity index (χ3v) is 7.52. The fourth-order valence-electron chi connectivity index (χ4n) is 4.70. The van der Waals surface area contributed by atoms with E-state index in [9.17, 15) is 13.2 Å². The third-order valence-electron chi connectivity index (χ3n) is 6.19. The van der Waals surface area contributed by atoms with E-state index < -0.39 is 10.0 Å². The molecule has 0 aromatic carbocycles. The maximum atomic E-state index is 11.9. The van der Waals surface area contributed by atoms with Crippen LogP contribution >= 0.6 is 24.0 Å². The molecule has 1 amide bonds. The van der Waals surface area contributed by atoms with Crippen molar-refractivity contribution in [3.05, 3.63) is 0 Å². The molecule has 3 aliphatic rings. The lowest BCUT2D eigenvalue weighted by molar-refractivity contribution is -0.127. The highest BCUT2D eigenvalue weighted by Crippen LogP contribution is 2.44. The maximum absolute atomic E-state index is 11.9. The molecule has 2 N–H and O–H groups in total. The van der Waals surface area contributed by atoms with E-state index in [1.54, 1.807) is 18.4 Å². The Labute approximate surface area is 186 Å². The van der Waals surface area contributed by atoms with Crippen LogP contribution in [0.4, 0.5) is 0 Å². The van der Waals surface area contributed by atoms with Crippen LogP contribution in [-0.4, -0.2) is 81.6 Å². The van der Waals surface area contributed by atoms with Gasteiger partial charge in [-0.3, -0.25) is 4.79 Å². The number of hydrogen-bond acceptors (Lipinski definition) is 4. The molecule has 28 heavy (non-hydrogen) atoms. The first-order valence-electron chi connectivity index (χ1n) is 9.96. The monoisotopic (exact) mass is 527 g/mol. The normalized spacial score (nSPS) is 30.2. The summed E-state index contributed by atoms with van der Waals surface area (Å²) in [6, 6.07) is 0.343. The fraction of sp³-hybridized carbons (Fsp3) is 0.889. The summed E-state index contributed by atoms with van der Waals surface area (Å²) in [6.07, 6.45) is 8.02. The number of fused-ring (bicyclic) bond motifs is 2. The van der Waals surface area contributed by atoms with Crippen molar-refractivity contribution in [2.24, 2.45) is 16.8 Å². The van der Waals surface area contributed by atoms with Crippen molar-refractivity contribution >= 4 is 45.9 Å². The molecule has 3 fully saturated rings. The standard InChI is InChI=1S/C18H33N5O3S.HI/c1-22(2)17(24)12-20-18(21-16-10-13-6-7-14(16)9-13)19-11-15-5-4-8-23(15)27(3,25)26;/h13-16H,4-12H2,1-3H3,(H2,19,20,21);1H/t13?,14?,15-,16?;/m1./s1. The van der Waals surface area contributed by atoms with Crippen molar-refractivity contribution < 1.29 is 13.2 Å². The molecule has 162 valence electrons. The number of hydrogen-bond donors (Lipinski definition) is 2. The van der Waals surface area contributed by atoms with Crippen molar-refractivity contribution in [2.45, 2.75) is 50.6 Å². The number of guanidine groups is 1. The van der Waals surface area contributed by atoms with Crippen molar-refractivity contribution in [1.82, 2.24) is 19.8 Å². The van der Waals surface area contributed by atoms with Gasteiger partial charge in [0.25, 0.3) is 0 Å². The first-order chi connectivity index (χ1) is 12.7. The largest absolute Gasteiger partial charge is 0.355 e. The van der Waals surface area contributed by atoms with Crippen LogP contribution in [0.3, 0.4) is 0 Å². The number of rotatable bonds is 6. The minimum Gasteiger partial charge on any atom is -0.355 e. The second-order valence-electron chi connectivity index (χ2n) is 8.43. The highest BCUT2D eigenvalue weighted by Gasteiger charge is 2.40. The summed E-state index contributed by atoms with van der Waals surface area (Å²) in [5, 5.41) is 6.83. The lowest BCUT2D eigenvalue weighted by atomic mass is 9.95. The summed E-state index contributed by atoms with van der Waals surface area (Å²) in [4.78, 5) is 17.9. The Morgan fingerprint density at radius 3 is 2.54 bits per heavy atom. The van der Waals surface area contributed by atoms with E-state index in [2.05, 4.69) is 15.6 Å². The minimum absolute atomic E-state index is 0. The number of amides is 1. The Balaban J connectivity index is 0.00000280. The van der Waals surface area contributed by atoms with Gasteiger partial charge < -0.3 is 15.5 Å². The lowest BCUT2D eigenvalue weighted by Gasteiger charge is -2.27. The number of nitrogens with one attached hydrogen (secondary N) is 2. The van der Waals surface area contributed by atoms with Crippen LogP contribution in [0.15, 0.2) is 4.99 Å². The fourth-order valence-corrected chi connectivity index (χ4v) is 5.88. The van der Waals surface area contributed by atoms with E-state index in [1.807, 2.05) is 0 Å². The average Bonchev–Trinajstić information content (AvgIpc) is 3.32. The van der Waals surface area contributed by atoms with Crippen LogP contribution in [-0.2, 0) is 14.8 Å². The van der Waals surface area contributed by atoms with E-state index in [4.69, 9.17) is 0 Å². The molecule has 0 radical (unpaired) electrons. The molecule has 3 rings (SSSR count). The van der Waals surface area contributed by atoms with Gasteiger partial charge >= 0.3 is 0 Å². The van der Waals surface area contributed by atoms with Gasteiger partial charge in [0, 0.05) is 39.3 Å². The molecule has 1 heterocycles. The van der Waals surface area contributed by atoms with E-state index in [0.717, 1.165) is 25.2 Å². The van der Waals surface area contributed by atoms with E-state index in [-0.39, 0.29) is 42.5 Å². The molecule has 1 saturated heterocycles. The Bertz CT molecular complexity index is 685. The number of aliphatic imine (C=N–C) groups is 1. The predicted molar refractivity (Wildman–Crippen MR) is 121 cm³/mol. The predicted octanol–water partition coefficient (Wildman–Crippen LogP) is 0.840. The number of halogens is 1. The molecule has 2 bridgehead atoms. The zero-order valence-corrected chi connectivity index (χ0v) is 20.2. The second kappa shape index (κ2) is 9.92. The molecule has 2 saturated carbocycles. The molecule has 0 aromatic heterocycles. The van der Waals surface area contributed by atoms with Gasteiger partial charge in [-0.25, -0.2) is 13.4 Å². The zero-order chi connectivity index (χ0) is 19.6. The summed E-state index contributed by atoms with van der Waals surface area (Å²) < 4.78 is 25.5. The smallest absolute Gasteiger partial charge is 0.243 e. The van der Waals surface area contributed by atoms with E-state index >= 15 is 0 Å². The lowest BCUT2D eigenvalue weighted by Crippen LogP contribution is -2.50. The zero-order valence-electron chi connectivity index (χ0n) is 17.1. The molecule has 8 nitrogen and oxygen atoms in total. The summed E-state index contributed by atoms with van der Waals surface area (Å²) >= 11 is 0. The van der Waals surface area contributed by atoms with Gasteiger partial charge in [-0.2, -0.15) is 4.31 Å². The summed E-state index contributed by atoms with van der Waals surface area (Å²) in [5.74, 6) is 2.07. The van der Waals surface area contributed by atoms with Crippen LogP contribution < -0.4 is 10.6 Å².